The Morgan fingerprint density at radius 1 is 1.10 bits per heavy atom. The Morgan fingerprint density at radius 3 is 2.05 bits per heavy atom. The Bertz CT molecular complexity index is 557. The second-order valence-electron chi connectivity index (χ2n) is 3.68. The number of carboxylic acids is 2. The van der Waals surface area contributed by atoms with Gasteiger partial charge in [0, 0.05) is 0 Å². The van der Waals surface area contributed by atoms with Crippen molar-refractivity contribution < 1.29 is 33.4 Å². The normalized spacial score (nSPS) is 11.3. The zero-order valence-electron chi connectivity index (χ0n) is 11.0. The summed E-state index contributed by atoms with van der Waals surface area (Å²) in [5.41, 5.74) is -0.495. The van der Waals surface area contributed by atoms with Crippen LogP contribution in [0.2, 0.25) is 0 Å². The number of hydrogen-bond donors (Lipinski definition) is 2. The van der Waals surface area contributed by atoms with E-state index >= 15 is 0 Å². The first-order chi connectivity index (χ1) is 9.35. The van der Waals surface area contributed by atoms with Crippen molar-refractivity contribution in [3.05, 3.63) is 29.3 Å². The Balaban J connectivity index is 3.51. The zero-order valence-corrected chi connectivity index (χ0v) is 11.9. The molecule has 0 heterocycles. The SMILES string of the molecule is CCOP(=O)(OCC)c1cc(C(=O)O)ccc1C(=O)O. The molecule has 7 nitrogen and oxygen atoms in total. The van der Waals surface area contributed by atoms with Crippen molar-refractivity contribution in [1.82, 2.24) is 0 Å². The highest BCUT2D eigenvalue weighted by Crippen LogP contribution is 2.47. The second kappa shape index (κ2) is 6.65. The average Bonchev–Trinajstić information content (AvgIpc) is 2.38. The molecular weight excluding hydrogens is 287 g/mol. The predicted molar refractivity (Wildman–Crippen MR) is 70.9 cm³/mol. The van der Waals surface area contributed by atoms with Crippen LogP contribution >= 0.6 is 7.60 Å². The van der Waals surface area contributed by atoms with Gasteiger partial charge in [-0.25, -0.2) is 9.59 Å². The van der Waals surface area contributed by atoms with Crippen molar-refractivity contribution in [2.45, 2.75) is 13.8 Å². The molecule has 0 saturated carbocycles. The molecule has 110 valence electrons. The molecule has 1 rings (SSSR count). The number of carbonyl (C=O) groups is 2. The number of benzene rings is 1. The zero-order chi connectivity index (χ0) is 15.3. The monoisotopic (exact) mass is 302 g/mol. The Hall–Kier alpha value is -1.69. The molecule has 0 radical (unpaired) electrons. The summed E-state index contributed by atoms with van der Waals surface area (Å²) in [5, 5.41) is 17.8. The van der Waals surface area contributed by atoms with E-state index in [0.29, 0.717) is 0 Å². The third kappa shape index (κ3) is 3.45. The van der Waals surface area contributed by atoms with Crippen LogP contribution in [-0.4, -0.2) is 35.4 Å². The third-order valence-electron chi connectivity index (χ3n) is 2.37. The molecule has 0 aliphatic carbocycles. The van der Waals surface area contributed by atoms with E-state index in [9.17, 15) is 14.2 Å². The molecular formula is C12H15O7P. The van der Waals surface area contributed by atoms with Gasteiger partial charge in [0.25, 0.3) is 0 Å². The molecule has 0 amide bonds. The molecule has 0 aliphatic rings. The van der Waals surface area contributed by atoms with E-state index in [1.807, 2.05) is 0 Å². The number of carboxylic acid groups (broad SMARTS) is 2. The van der Waals surface area contributed by atoms with Gasteiger partial charge >= 0.3 is 19.5 Å². The lowest BCUT2D eigenvalue weighted by Crippen LogP contribution is -2.20. The Morgan fingerprint density at radius 2 is 1.65 bits per heavy atom. The van der Waals surface area contributed by atoms with E-state index in [4.69, 9.17) is 19.3 Å². The standard InChI is InChI=1S/C12H15O7P/c1-3-18-20(17,19-4-2)10-7-8(11(13)14)5-6-9(10)12(15)16/h5-7H,3-4H2,1-2H3,(H,13,14)(H,15,16). The molecule has 0 fully saturated rings. The first-order valence-electron chi connectivity index (χ1n) is 5.86. The second-order valence-corrected chi connectivity index (χ2v) is 5.67. The molecule has 8 heteroatoms. The highest BCUT2D eigenvalue weighted by molar-refractivity contribution is 7.62. The molecule has 20 heavy (non-hydrogen) atoms. The highest BCUT2D eigenvalue weighted by atomic mass is 31.2. The quantitative estimate of drug-likeness (QED) is 0.741. The van der Waals surface area contributed by atoms with Gasteiger partial charge in [-0.05, 0) is 32.0 Å². The summed E-state index contributed by atoms with van der Waals surface area (Å²) in [6, 6.07) is 3.21. The maximum Gasteiger partial charge on any atom is 0.362 e. The summed E-state index contributed by atoms with van der Waals surface area (Å²) in [7, 11) is -3.87. The van der Waals surface area contributed by atoms with Gasteiger partial charge < -0.3 is 19.3 Å². The summed E-state index contributed by atoms with van der Waals surface area (Å²) in [4.78, 5) is 22.1. The number of rotatable bonds is 7. The Kier molecular flexibility index (Phi) is 5.44. The Labute approximate surface area is 115 Å². The smallest absolute Gasteiger partial charge is 0.362 e. The van der Waals surface area contributed by atoms with E-state index in [-0.39, 0.29) is 29.6 Å². The van der Waals surface area contributed by atoms with Crippen LogP contribution < -0.4 is 5.30 Å². The highest BCUT2D eigenvalue weighted by Gasteiger charge is 2.32. The van der Waals surface area contributed by atoms with Crippen molar-refractivity contribution in [1.29, 1.82) is 0 Å². The maximum absolute atomic E-state index is 12.6. The molecule has 0 spiro atoms. The lowest BCUT2D eigenvalue weighted by molar-refractivity contribution is 0.0682. The number of aromatic carboxylic acids is 2. The van der Waals surface area contributed by atoms with Crippen molar-refractivity contribution in [2.75, 3.05) is 13.2 Å². The van der Waals surface area contributed by atoms with Crippen molar-refractivity contribution >= 4 is 24.8 Å². The van der Waals surface area contributed by atoms with Crippen molar-refractivity contribution in [2.24, 2.45) is 0 Å². The summed E-state index contributed by atoms with van der Waals surface area (Å²) in [5.74, 6) is -2.60. The van der Waals surface area contributed by atoms with Gasteiger partial charge in [0.1, 0.15) is 0 Å². The minimum atomic E-state index is -3.87. The molecule has 0 unspecified atom stereocenters. The molecule has 2 N–H and O–H groups in total. The minimum Gasteiger partial charge on any atom is -0.478 e. The lowest BCUT2D eigenvalue weighted by Gasteiger charge is -2.19. The number of hydrogen-bond acceptors (Lipinski definition) is 5. The lowest BCUT2D eigenvalue weighted by atomic mass is 10.1. The summed E-state index contributed by atoms with van der Waals surface area (Å²) >= 11 is 0. The van der Waals surface area contributed by atoms with Crippen LogP contribution in [0.25, 0.3) is 0 Å². The first kappa shape index (κ1) is 16.4. The van der Waals surface area contributed by atoms with Crippen LogP contribution in [0.3, 0.4) is 0 Å². The van der Waals surface area contributed by atoms with Crippen molar-refractivity contribution in [3.63, 3.8) is 0 Å². The molecule has 0 aliphatic heterocycles. The van der Waals surface area contributed by atoms with Crippen LogP contribution in [0, 0.1) is 0 Å². The minimum absolute atomic E-state index is 0.0354. The van der Waals surface area contributed by atoms with Gasteiger partial charge in [0.2, 0.25) is 0 Å². The van der Waals surface area contributed by atoms with E-state index in [1.54, 1.807) is 13.8 Å². The van der Waals surface area contributed by atoms with Crippen molar-refractivity contribution in [3.8, 4) is 0 Å². The van der Waals surface area contributed by atoms with E-state index < -0.39 is 19.5 Å². The fraction of sp³-hybridized carbons (Fsp3) is 0.333. The fourth-order valence-electron chi connectivity index (χ4n) is 1.59. The predicted octanol–water partition coefficient (Wildman–Crippen LogP) is 1.97. The van der Waals surface area contributed by atoms with Crippen LogP contribution in [0.4, 0.5) is 0 Å². The van der Waals surface area contributed by atoms with E-state index in [1.165, 1.54) is 0 Å². The van der Waals surface area contributed by atoms with Gasteiger partial charge in [0.15, 0.2) is 0 Å². The molecule has 0 saturated heterocycles. The van der Waals surface area contributed by atoms with Crippen LogP contribution in [0.15, 0.2) is 18.2 Å². The largest absolute Gasteiger partial charge is 0.478 e. The van der Waals surface area contributed by atoms with Gasteiger partial charge in [-0.2, -0.15) is 0 Å². The van der Waals surface area contributed by atoms with Gasteiger partial charge in [-0.15, -0.1) is 0 Å². The van der Waals surface area contributed by atoms with Gasteiger partial charge in [-0.3, -0.25) is 4.57 Å². The fourth-order valence-corrected chi connectivity index (χ4v) is 3.38. The van der Waals surface area contributed by atoms with Crippen LogP contribution in [0.5, 0.6) is 0 Å². The third-order valence-corrected chi connectivity index (χ3v) is 4.52. The average molecular weight is 302 g/mol. The first-order valence-corrected chi connectivity index (χ1v) is 7.40. The van der Waals surface area contributed by atoms with Crippen LogP contribution in [-0.2, 0) is 13.6 Å². The molecule has 1 aromatic rings. The molecule has 0 atom stereocenters. The summed E-state index contributed by atoms with van der Waals surface area (Å²) in [6.45, 7) is 3.22. The van der Waals surface area contributed by atoms with Gasteiger partial charge in [0.05, 0.1) is 29.6 Å². The summed E-state index contributed by atoms with van der Waals surface area (Å²) in [6.07, 6.45) is 0. The maximum atomic E-state index is 12.6. The topological polar surface area (TPSA) is 110 Å². The van der Waals surface area contributed by atoms with Crippen LogP contribution in [0.1, 0.15) is 34.6 Å². The van der Waals surface area contributed by atoms with Gasteiger partial charge in [-0.1, -0.05) is 0 Å². The van der Waals surface area contributed by atoms with E-state index in [2.05, 4.69) is 0 Å². The summed E-state index contributed by atoms with van der Waals surface area (Å²) < 4.78 is 22.7. The van der Waals surface area contributed by atoms with E-state index in [0.717, 1.165) is 18.2 Å². The molecule has 1 aromatic carbocycles. The molecule has 0 aromatic heterocycles. The molecule has 0 bridgehead atoms.